The first kappa shape index (κ1) is 12.5. The lowest BCUT2D eigenvalue weighted by Crippen LogP contribution is -2.02. The van der Waals surface area contributed by atoms with Crippen molar-refractivity contribution in [1.29, 1.82) is 5.26 Å². The highest BCUT2D eigenvalue weighted by Crippen LogP contribution is 2.23. The average Bonchev–Trinajstić information content (AvgIpc) is 2.84. The molecule has 3 nitrogen and oxygen atoms in total. The van der Waals surface area contributed by atoms with Crippen molar-refractivity contribution >= 4 is 22.7 Å². The number of hydrogen-bond donors (Lipinski definition) is 2. The second-order valence-corrected chi connectivity index (χ2v) is 4.99. The van der Waals surface area contributed by atoms with E-state index >= 15 is 0 Å². The summed E-state index contributed by atoms with van der Waals surface area (Å²) in [5, 5.41) is 14.2. The molecule has 1 aromatic carbocycles. The third kappa shape index (κ3) is 2.63. The normalized spacial score (nSPS) is 10.0. The van der Waals surface area contributed by atoms with Gasteiger partial charge in [-0.3, -0.25) is 0 Å². The van der Waals surface area contributed by atoms with Gasteiger partial charge in [-0.2, -0.15) is 5.26 Å². The van der Waals surface area contributed by atoms with E-state index in [-0.39, 0.29) is 0 Å². The van der Waals surface area contributed by atoms with Crippen LogP contribution in [0.5, 0.6) is 0 Å². The van der Waals surface area contributed by atoms with E-state index in [4.69, 9.17) is 11.0 Å². The molecule has 92 valence electrons. The molecule has 18 heavy (non-hydrogen) atoms. The first-order valence-electron chi connectivity index (χ1n) is 5.83. The Morgan fingerprint density at radius 3 is 2.89 bits per heavy atom. The van der Waals surface area contributed by atoms with Crippen LogP contribution in [-0.4, -0.2) is 0 Å². The minimum absolute atomic E-state index is 0.587. The molecule has 3 N–H and O–H groups in total. The summed E-state index contributed by atoms with van der Waals surface area (Å²) in [5.41, 5.74) is 9.35. The van der Waals surface area contributed by atoms with Gasteiger partial charge in [-0.05, 0) is 41.6 Å². The van der Waals surface area contributed by atoms with Gasteiger partial charge >= 0.3 is 0 Å². The Hall–Kier alpha value is -1.99. The molecular formula is C14H15N3S. The Morgan fingerprint density at radius 2 is 2.22 bits per heavy atom. The molecule has 1 aromatic heterocycles. The smallest absolute Gasteiger partial charge is 0.0992 e. The Labute approximate surface area is 111 Å². The van der Waals surface area contributed by atoms with E-state index in [1.54, 1.807) is 23.5 Å². The molecule has 0 radical (unpaired) electrons. The Balaban J connectivity index is 2.09. The highest BCUT2D eigenvalue weighted by Gasteiger charge is 2.04. The van der Waals surface area contributed by atoms with Crippen molar-refractivity contribution in [2.24, 2.45) is 0 Å². The van der Waals surface area contributed by atoms with Crippen LogP contribution in [0, 0.1) is 11.3 Å². The lowest BCUT2D eigenvalue weighted by molar-refractivity contribution is 1.08. The quantitative estimate of drug-likeness (QED) is 0.825. The zero-order chi connectivity index (χ0) is 13.0. The largest absolute Gasteiger partial charge is 0.397 e. The summed E-state index contributed by atoms with van der Waals surface area (Å²) in [5.74, 6) is 0. The number of nitrogens with one attached hydrogen (secondary N) is 1. The van der Waals surface area contributed by atoms with Crippen LogP contribution >= 0.6 is 11.3 Å². The van der Waals surface area contributed by atoms with E-state index in [0.717, 1.165) is 18.7 Å². The SMILES string of the molecule is CCc1ccsc1CNc1ccc(C#N)cc1N. The summed E-state index contributed by atoms with van der Waals surface area (Å²) in [7, 11) is 0. The van der Waals surface area contributed by atoms with E-state index < -0.39 is 0 Å². The summed E-state index contributed by atoms with van der Waals surface area (Å²) in [6.07, 6.45) is 1.05. The molecule has 0 aliphatic heterocycles. The van der Waals surface area contributed by atoms with E-state index in [0.29, 0.717) is 11.3 Å². The minimum atomic E-state index is 0.587. The number of nitrogen functional groups attached to an aromatic ring is 1. The number of aryl methyl sites for hydroxylation is 1. The second-order valence-electron chi connectivity index (χ2n) is 3.99. The van der Waals surface area contributed by atoms with Crippen LogP contribution in [0.2, 0.25) is 0 Å². The van der Waals surface area contributed by atoms with Crippen LogP contribution in [0.15, 0.2) is 29.6 Å². The van der Waals surface area contributed by atoms with Gasteiger partial charge in [0.2, 0.25) is 0 Å². The third-order valence-corrected chi connectivity index (χ3v) is 3.80. The van der Waals surface area contributed by atoms with Crippen LogP contribution in [0.3, 0.4) is 0 Å². The van der Waals surface area contributed by atoms with Gasteiger partial charge in [0.25, 0.3) is 0 Å². The number of benzene rings is 1. The summed E-state index contributed by atoms with van der Waals surface area (Å²) >= 11 is 1.75. The maximum absolute atomic E-state index is 8.78. The molecule has 0 aliphatic rings. The summed E-state index contributed by atoms with van der Waals surface area (Å²) in [6.45, 7) is 2.93. The maximum atomic E-state index is 8.78. The molecule has 1 heterocycles. The van der Waals surface area contributed by atoms with Crippen molar-refractivity contribution in [1.82, 2.24) is 0 Å². The average molecular weight is 257 g/mol. The van der Waals surface area contributed by atoms with E-state index in [2.05, 4.69) is 29.8 Å². The number of rotatable bonds is 4. The van der Waals surface area contributed by atoms with Gasteiger partial charge in [0, 0.05) is 11.4 Å². The molecule has 0 fully saturated rings. The van der Waals surface area contributed by atoms with Gasteiger partial charge in [-0.15, -0.1) is 11.3 Å². The lowest BCUT2D eigenvalue weighted by atomic mass is 10.1. The van der Waals surface area contributed by atoms with Gasteiger partial charge in [0.05, 0.1) is 23.0 Å². The van der Waals surface area contributed by atoms with Crippen molar-refractivity contribution in [3.63, 3.8) is 0 Å². The van der Waals surface area contributed by atoms with E-state index in [1.807, 2.05) is 6.07 Å². The maximum Gasteiger partial charge on any atom is 0.0992 e. The molecule has 0 amide bonds. The van der Waals surface area contributed by atoms with Crippen molar-refractivity contribution in [2.45, 2.75) is 19.9 Å². The van der Waals surface area contributed by atoms with Crippen LogP contribution < -0.4 is 11.1 Å². The third-order valence-electron chi connectivity index (χ3n) is 2.84. The first-order valence-corrected chi connectivity index (χ1v) is 6.71. The summed E-state index contributed by atoms with van der Waals surface area (Å²) in [4.78, 5) is 1.33. The minimum Gasteiger partial charge on any atom is -0.397 e. The monoisotopic (exact) mass is 257 g/mol. The van der Waals surface area contributed by atoms with Gasteiger partial charge in [-0.25, -0.2) is 0 Å². The fraction of sp³-hybridized carbons (Fsp3) is 0.214. The highest BCUT2D eigenvalue weighted by molar-refractivity contribution is 7.10. The molecule has 0 bridgehead atoms. The molecule has 0 spiro atoms. The Bertz CT molecular complexity index is 581. The number of anilines is 2. The molecule has 0 aliphatic carbocycles. The predicted octanol–water partition coefficient (Wildman–Crippen LogP) is 3.38. The molecule has 0 saturated heterocycles. The highest BCUT2D eigenvalue weighted by atomic mass is 32.1. The zero-order valence-electron chi connectivity index (χ0n) is 10.2. The topological polar surface area (TPSA) is 61.8 Å². The summed E-state index contributed by atoms with van der Waals surface area (Å²) < 4.78 is 0. The fourth-order valence-corrected chi connectivity index (χ4v) is 2.72. The molecule has 0 atom stereocenters. The number of thiophene rings is 1. The van der Waals surface area contributed by atoms with E-state index in [1.165, 1.54) is 10.4 Å². The summed E-state index contributed by atoms with van der Waals surface area (Å²) in [6, 6.07) is 9.55. The molecule has 0 unspecified atom stereocenters. The van der Waals surface area contributed by atoms with Crippen molar-refractivity contribution < 1.29 is 0 Å². The van der Waals surface area contributed by atoms with Gasteiger partial charge in [0.15, 0.2) is 0 Å². The van der Waals surface area contributed by atoms with E-state index in [9.17, 15) is 0 Å². The molecule has 2 aromatic rings. The molecular weight excluding hydrogens is 242 g/mol. The lowest BCUT2D eigenvalue weighted by Gasteiger charge is -2.09. The van der Waals surface area contributed by atoms with Crippen molar-refractivity contribution in [3.8, 4) is 6.07 Å². The molecule has 2 rings (SSSR count). The van der Waals surface area contributed by atoms with Gasteiger partial charge in [0.1, 0.15) is 0 Å². The van der Waals surface area contributed by atoms with Crippen molar-refractivity contribution in [2.75, 3.05) is 11.1 Å². The molecule has 4 heteroatoms. The standard InChI is InChI=1S/C14H15N3S/c1-2-11-5-6-18-14(11)9-17-13-4-3-10(8-15)7-12(13)16/h3-7,17H,2,9,16H2,1H3. The predicted molar refractivity (Wildman–Crippen MR) is 76.6 cm³/mol. The van der Waals surface area contributed by atoms with Crippen LogP contribution in [0.4, 0.5) is 11.4 Å². The van der Waals surface area contributed by atoms with Crippen molar-refractivity contribution in [3.05, 3.63) is 45.6 Å². The van der Waals surface area contributed by atoms with Crippen LogP contribution in [-0.2, 0) is 13.0 Å². The zero-order valence-corrected chi connectivity index (χ0v) is 11.1. The van der Waals surface area contributed by atoms with Crippen LogP contribution in [0.1, 0.15) is 22.9 Å². The number of nitrogens with zero attached hydrogens (tertiary/aromatic N) is 1. The number of nitriles is 1. The first-order chi connectivity index (χ1) is 8.74. The number of hydrogen-bond acceptors (Lipinski definition) is 4. The fourth-order valence-electron chi connectivity index (χ4n) is 1.81. The Kier molecular flexibility index (Phi) is 3.85. The van der Waals surface area contributed by atoms with Gasteiger partial charge < -0.3 is 11.1 Å². The van der Waals surface area contributed by atoms with Gasteiger partial charge in [-0.1, -0.05) is 6.92 Å². The molecule has 0 saturated carbocycles. The van der Waals surface area contributed by atoms with Crippen LogP contribution in [0.25, 0.3) is 0 Å². The Morgan fingerprint density at radius 1 is 1.39 bits per heavy atom. The number of nitrogens with two attached hydrogens (primary N) is 1. The second kappa shape index (κ2) is 5.56.